The largest absolute Gasteiger partial charge is 0.342 e. The van der Waals surface area contributed by atoms with Crippen molar-refractivity contribution in [3.63, 3.8) is 0 Å². The lowest BCUT2D eigenvalue weighted by molar-refractivity contribution is 0.0934. The Morgan fingerprint density at radius 2 is 1.87 bits per heavy atom. The van der Waals surface area contributed by atoms with E-state index in [1.807, 2.05) is 37.3 Å². The fraction of sp³-hybridized carbons (Fsp3) is 0.273. The van der Waals surface area contributed by atoms with Crippen LogP contribution in [0.5, 0.6) is 0 Å². The summed E-state index contributed by atoms with van der Waals surface area (Å²) in [5.74, 6) is 0.132. The Bertz CT molecular complexity index is 1160. The van der Waals surface area contributed by atoms with Gasteiger partial charge in [-0.2, -0.15) is 0 Å². The zero-order chi connectivity index (χ0) is 22.6. The molecule has 0 aliphatic carbocycles. The summed E-state index contributed by atoms with van der Waals surface area (Å²) < 4.78 is 27.4. The Morgan fingerprint density at radius 3 is 2.52 bits per heavy atom. The highest BCUT2D eigenvalue weighted by Gasteiger charge is 2.22. The molecule has 164 valence electrons. The number of imidazole rings is 1. The van der Waals surface area contributed by atoms with Crippen LogP contribution in [0.25, 0.3) is 11.3 Å². The maximum Gasteiger partial charge on any atom is 0.253 e. The number of carbonyl (C=O) groups excluding carboxylic acids is 1. The molecule has 7 nitrogen and oxygen atoms in total. The molecular formula is C22H25ClN4O3S. The van der Waals surface area contributed by atoms with E-state index in [4.69, 9.17) is 11.6 Å². The minimum atomic E-state index is -3.75. The normalized spacial score (nSPS) is 12.7. The molecule has 1 aromatic heterocycles. The van der Waals surface area contributed by atoms with E-state index in [-0.39, 0.29) is 21.5 Å². The van der Waals surface area contributed by atoms with Gasteiger partial charge in [-0.1, -0.05) is 48.9 Å². The molecular weight excluding hydrogens is 436 g/mol. The van der Waals surface area contributed by atoms with Crippen LogP contribution in [-0.4, -0.2) is 30.3 Å². The van der Waals surface area contributed by atoms with E-state index in [9.17, 15) is 13.2 Å². The topological polar surface area (TPSA) is 104 Å². The fourth-order valence-electron chi connectivity index (χ4n) is 3.10. The number of hydrogen-bond acceptors (Lipinski definition) is 4. The number of halogens is 1. The average Bonchev–Trinajstić information content (AvgIpc) is 3.21. The van der Waals surface area contributed by atoms with Gasteiger partial charge in [0.05, 0.1) is 33.4 Å². The molecule has 0 spiro atoms. The van der Waals surface area contributed by atoms with Crippen molar-refractivity contribution in [2.24, 2.45) is 0 Å². The molecule has 2 aromatic carbocycles. The number of nitrogens with zero attached hydrogens (tertiary/aromatic N) is 1. The molecule has 1 amide bonds. The maximum absolute atomic E-state index is 12.9. The fourth-order valence-corrected chi connectivity index (χ4v) is 4.58. The molecule has 1 unspecified atom stereocenters. The summed E-state index contributed by atoms with van der Waals surface area (Å²) in [6, 6.07) is 13.1. The van der Waals surface area contributed by atoms with E-state index in [1.54, 1.807) is 20.0 Å². The van der Waals surface area contributed by atoms with Crippen LogP contribution in [0, 0.1) is 0 Å². The van der Waals surface area contributed by atoms with Gasteiger partial charge >= 0.3 is 0 Å². The molecule has 0 fully saturated rings. The van der Waals surface area contributed by atoms with Crippen molar-refractivity contribution in [2.45, 2.75) is 44.2 Å². The van der Waals surface area contributed by atoms with Crippen LogP contribution in [0.4, 0.5) is 0 Å². The number of H-pyrrole nitrogens is 1. The van der Waals surface area contributed by atoms with Crippen LogP contribution in [0.3, 0.4) is 0 Å². The van der Waals surface area contributed by atoms with Crippen LogP contribution >= 0.6 is 11.6 Å². The summed E-state index contributed by atoms with van der Waals surface area (Å²) in [6.07, 6.45) is 2.30. The first-order valence-electron chi connectivity index (χ1n) is 9.94. The molecule has 0 radical (unpaired) electrons. The Balaban J connectivity index is 1.83. The summed E-state index contributed by atoms with van der Waals surface area (Å²) in [5, 5.41) is 3.06. The highest BCUT2D eigenvalue weighted by Crippen LogP contribution is 2.24. The number of hydrogen-bond donors (Lipinski definition) is 3. The molecule has 0 aliphatic rings. The molecule has 9 heteroatoms. The molecule has 3 aromatic rings. The number of amides is 1. The highest BCUT2D eigenvalue weighted by molar-refractivity contribution is 7.89. The standard InChI is InChI=1S/C22H25ClN4O3S/c1-4-19(21-24-13-20(25-21)15-8-6-5-7-9-15)26-22(28)17-12-16(10-11-18(17)23)31(29,30)27-14(2)3/h5-14,19,27H,4H2,1-3H3,(H,24,25)(H,26,28). The molecule has 0 aliphatic heterocycles. The smallest absolute Gasteiger partial charge is 0.253 e. The van der Waals surface area contributed by atoms with Gasteiger partial charge in [0.15, 0.2) is 0 Å². The van der Waals surface area contributed by atoms with Gasteiger partial charge in [-0.05, 0) is 44.0 Å². The van der Waals surface area contributed by atoms with Gasteiger partial charge in [0.2, 0.25) is 10.0 Å². The highest BCUT2D eigenvalue weighted by atomic mass is 35.5. The Kier molecular flexibility index (Phi) is 7.15. The van der Waals surface area contributed by atoms with Crippen LogP contribution < -0.4 is 10.0 Å². The van der Waals surface area contributed by atoms with Gasteiger partial charge in [0, 0.05) is 6.04 Å². The third-order valence-electron chi connectivity index (χ3n) is 4.61. The van der Waals surface area contributed by atoms with Crippen molar-refractivity contribution in [1.29, 1.82) is 0 Å². The predicted molar refractivity (Wildman–Crippen MR) is 121 cm³/mol. The minimum absolute atomic E-state index is 0.0202. The molecule has 1 heterocycles. The first kappa shape index (κ1) is 23.0. The lowest BCUT2D eigenvalue weighted by Crippen LogP contribution is -2.31. The molecule has 3 N–H and O–H groups in total. The summed E-state index contributed by atoms with van der Waals surface area (Å²) in [6.45, 7) is 5.37. The molecule has 0 bridgehead atoms. The minimum Gasteiger partial charge on any atom is -0.342 e. The SMILES string of the molecule is CCC(NC(=O)c1cc(S(=O)(=O)NC(C)C)ccc1Cl)c1ncc(-c2ccccc2)[nH]1. The maximum atomic E-state index is 12.9. The lowest BCUT2D eigenvalue weighted by Gasteiger charge is -2.16. The molecule has 0 saturated carbocycles. The monoisotopic (exact) mass is 460 g/mol. The van der Waals surface area contributed by atoms with Gasteiger partial charge in [0.1, 0.15) is 5.82 Å². The van der Waals surface area contributed by atoms with Gasteiger partial charge in [-0.3, -0.25) is 4.79 Å². The van der Waals surface area contributed by atoms with Crippen LogP contribution in [0.1, 0.15) is 49.4 Å². The number of aromatic nitrogens is 2. The second kappa shape index (κ2) is 9.64. The Morgan fingerprint density at radius 1 is 1.16 bits per heavy atom. The number of nitrogens with one attached hydrogen (secondary N) is 3. The Hall–Kier alpha value is -2.68. The van der Waals surface area contributed by atoms with Crippen molar-refractivity contribution in [2.75, 3.05) is 0 Å². The van der Waals surface area contributed by atoms with E-state index in [0.29, 0.717) is 12.2 Å². The van der Waals surface area contributed by atoms with Crippen molar-refractivity contribution in [3.8, 4) is 11.3 Å². The van der Waals surface area contributed by atoms with Crippen molar-refractivity contribution in [1.82, 2.24) is 20.0 Å². The number of rotatable bonds is 8. The zero-order valence-electron chi connectivity index (χ0n) is 17.5. The average molecular weight is 461 g/mol. The third kappa shape index (κ3) is 5.52. The van der Waals surface area contributed by atoms with Crippen LogP contribution in [0.15, 0.2) is 59.6 Å². The summed E-state index contributed by atoms with van der Waals surface area (Å²) in [4.78, 5) is 20.6. The number of benzene rings is 2. The first-order chi connectivity index (χ1) is 14.7. The summed E-state index contributed by atoms with van der Waals surface area (Å²) in [5.41, 5.74) is 1.91. The second-order valence-corrected chi connectivity index (χ2v) is 9.52. The van der Waals surface area contributed by atoms with Gasteiger partial charge in [0.25, 0.3) is 5.91 Å². The molecule has 1 atom stereocenters. The molecule has 3 rings (SSSR count). The number of carbonyl (C=O) groups is 1. The quantitative estimate of drug-likeness (QED) is 0.466. The number of aromatic amines is 1. The van der Waals surface area contributed by atoms with E-state index in [1.165, 1.54) is 18.2 Å². The van der Waals surface area contributed by atoms with Gasteiger partial charge in [-0.25, -0.2) is 18.1 Å². The first-order valence-corrected chi connectivity index (χ1v) is 11.8. The molecule has 31 heavy (non-hydrogen) atoms. The molecule has 0 saturated heterocycles. The van der Waals surface area contributed by atoms with Crippen LogP contribution in [-0.2, 0) is 10.0 Å². The lowest BCUT2D eigenvalue weighted by atomic mass is 10.1. The van der Waals surface area contributed by atoms with E-state index < -0.39 is 22.0 Å². The number of sulfonamides is 1. The summed E-state index contributed by atoms with van der Waals surface area (Å²) in [7, 11) is -3.75. The van der Waals surface area contributed by atoms with E-state index >= 15 is 0 Å². The zero-order valence-corrected chi connectivity index (χ0v) is 19.1. The van der Waals surface area contributed by atoms with Crippen molar-refractivity contribution >= 4 is 27.5 Å². The van der Waals surface area contributed by atoms with Crippen molar-refractivity contribution < 1.29 is 13.2 Å². The van der Waals surface area contributed by atoms with Gasteiger partial charge < -0.3 is 10.3 Å². The van der Waals surface area contributed by atoms with E-state index in [0.717, 1.165) is 11.3 Å². The van der Waals surface area contributed by atoms with Crippen molar-refractivity contribution in [3.05, 3.63) is 71.1 Å². The third-order valence-corrected chi connectivity index (χ3v) is 6.59. The summed E-state index contributed by atoms with van der Waals surface area (Å²) >= 11 is 6.20. The van der Waals surface area contributed by atoms with Gasteiger partial charge in [-0.15, -0.1) is 0 Å². The predicted octanol–water partition coefficient (Wildman–Crippen LogP) is 4.30. The Labute approximate surface area is 187 Å². The van der Waals surface area contributed by atoms with Crippen LogP contribution in [0.2, 0.25) is 5.02 Å². The second-order valence-electron chi connectivity index (χ2n) is 7.40. The van der Waals surface area contributed by atoms with E-state index in [2.05, 4.69) is 20.0 Å².